The maximum atomic E-state index is 5.60. The second-order valence-electron chi connectivity index (χ2n) is 6.31. The number of aromatic nitrogens is 3. The van der Waals surface area contributed by atoms with Gasteiger partial charge < -0.3 is 15.0 Å². The summed E-state index contributed by atoms with van der Waals surface area (Å²) in [7, 11) is 0. The Morgan fingerprint density at radius 2 is 2.05 bits per heavy atom. The first-order chi connectivity index (χ1) is 10.0. The maximum absolute atomic E-state index is 5.60. The molecule has 6 nitrogen and oxygen atoms in total. The van der Waals surface area contributed by atoms with E-state index in [9.17, 15) is 0 Å². The zero-order valence-electron chi connectivity index (χ0n) is 13.6. The first kappa shape index (κ1) is 15.8. The molecule has 0 spiro atoms. The van der Waals surface area contributed by atoms with Crippen LogP contribution in [-0.4, -0.2) is 41.2 Å². The van der Waals surface area contributed by atoms with Crippen LogP contribution >= 0.6 is 0 Å². The van der Waals surface area contributed by atoms with Crippen molar-refractivity contribution in [3.63, 3.8) is 0 Å². The average Bonchev–Trinajstić information content (AvgIpc) is 2.44. The number of hydrogen-bond donors (Lipinski definition) is 1. The van der Waals surface area contributed by atoms with Crippen molar-refractivity contribution in [3.8, 4) is 6.01 Å². The third kappa shape index (κ3) is 4.44. The highest BCUT2D eigenvalue weighted by Gasteiger charge is 2.28. The van der Waals surface area contributed by atoms with Gasteiger partial charge in [0.15, 0.2) is 0 Å². The largest absolute Gasteiger partial charge is 0.463 e. The predicted octanol–water partition coefficient (Wildman–Crippen LogP) is 2.72. The highest BCUT2D eigenvalue weighted by atomic mass is 16.5. The lowest BCUT2D eigenvalue weighted by atomic mass is 9.84. The van der Waals surface area contributed by atoms with E-state index in [2.05, 4.69) is 45.9 Å². The first-order valence-corrected chi connectivity index (χ1v) is 7.92. The van der Waals surface area contributed by atoms with Gasteiger partial charge in [0, 0.05) is 19.6 Å². The third-order valence-corrected chi connectivity index (χ3v) is 3.56. The molecule has 1 fully saturated rings. The van der Waals surface area contributed by atoms with Gasteiger partial charge in [-0.15, -0.1) is 0 Å². The lowest BCUT2D eigenvalue weighted by molar-refractivity contribution is 0.282. The van der Waals surface area contributed by atoms with Gasteiger partial charge >= 0.3 is 6.01 Å². The number of hydrogen-bond acceptors (Lipinski definition) is 6. The molecule has 0 aliphatic carbocycles. The van der Waals surface area contributed by atoms with Crippen LogP contribution in [0.5, 0.6) is 6.01 Å². The molecule has 2 heterocycles. The molecule has 1 saturated heterocycles. The van der Waals surface area contributed by atoms with Crippen LogP contribution in [0.15, 0.2) is 0 Å². The molecule has 6 heteroatoms. The van der Waals surface area contributed by atoms with Gasteiger partial charge in [-0.05, 0) is 31.6 Å². The highest BCUT2D eigenvalue weighted by Crippen LogP contribution is 2.30. The number of piperidine rings is 1. The number of nitrogens with zero attached hydrogens (tertiary/aromatic N) is 4. The van der Waals surface area contributed by atoms with Crippen molar-refractivity contribution in [1.29, 1.82) is 0 Å². The minimum atomic E-state index is 0.299. The van der Waals surface area contributed by atoms with Gasteiger partial charge in [-0.1, -0.05) is 20.8 Å². The summed E-state index contributed by atoms with van der Waals surface area (Å²) < 4.78 is 5.60. The first-order valence-electron chi connectivity index (χ1n) is 7.92. The summed E-state index contributed by atoms with van der Waals surface area (Å²) in [5.41, 5.74) is 0.299. The van der Waals surface area contributed by atoms with Gasteiger partial charge in [0.1, 0.15) is 0 Å². The van der Waals surface area contributed by atoms with Gasteiger partial charge in [0.2, 0.25) is 11.9 Å². The van der Waals surface area contributed by atoms with Gasteiger partial charge in [-0.2, -0.15) is 15.0 Å². The summed E-state index contributed by atoms with van der Waals surface area (Å²) in [6.45, 7) is 12.0. The molecular weight excluding hydrogens is 266 g/mol. The lowest BCUT2D eigenvalue weighted by Gasteiger charge is -2.38. The highest BCUT2D eigenvalue weighted by molar-refractivity contribution is 5.39. The van der Waals surface area contributed by atoms with E-state index >= 15 is 0 Å². The quantitative estimate of drug-likeness (QED) is 0.870. The Bertz CT molecular complexity index is 463. The Kier molecular flexibility index (Phi) is 5.20. The summed E-state index contributed by atoms with van der Waals surface area (Å²) >= 11 is 0. The minimum Gasteiger partial charge on any atom is -0.463 e. The molecule has 1 aromatic heterocycles. The topological polar surface area (TPSA) is 63.2 Å². The molecule has 21 heavy (non-hydrogen) atoms. The second-order valence-corrected chi connectivity index (χ2v) is 6.31. The predicted molar refractivity (Wildman–Crippen MR) is 85.0 cm³/mol. The van der Waals surface area contributed by atoms with Crippen molar-refractivity contribution in [3.05, 3.63) is 0 Å². The Labute approximate surface area is 127 Å². The van der Waals surface area contributed by atoms with Gasteiger partial charge in [-0.25, -0.2) is 0 Å². The maximum Gasteiger partial charge on any atom is 0.323 e. The van der Waals surface area contributed by atoms with E-state index in [1.165, 1.54) is 12.8 Å². The van der Waals surface area contributed by atoms with Crippen molar-refractivity contribution in [1.82, 2.24) is 15.0 Å². The van der Waals surface area contributed by atoms with Crippen molar-refractivity contribution in [2.75, 3.05) is 36.5 Å². The Balaban J connectivity index is 2.21. The molecule has 0 aromatic carbocycles. The van der Waals surface area contributed by atoms with E-state index in [1.807, 2.05) is 6.92 Å². The van der Waals surface area contributed by atoms with Gasteiger partial charge in [0.25, 0.3) is 0 Å². The zero-order chi connectivity index (χ0) is 15.3. The molecule has 118 valence electrons. The standard InChI is InChI=1S/C15H27N5O/c1-5-10-21-14-18-12(16-6-2)17-13(19-14)20-9-7-8-15(3,4)11-20/h5-11H2,1-4H3,(H,16,17,18,19). The molecule has 0 radical (unpaired) electrons. The van der Waals surface area contributed by atoms with Crippen LogP contribution < -0.4 is 15.0 Å². The molecule has 1 N–H and O–H groups in total. The monoisotopic (exact) mass is 293 g/mol. The van der Waals surface area contributed by atoms with Crippen LogP contribution in [0.4, 0.5) is 11.9 Å². The summed E-state index contributed by atoms with van der Waals surface area (Å²) in [4.78, 5) is 15.6. The Hall–Kier alpha value is -1.59. The average molecular weight is 293 g/mol. The fourth-order valence-corrected chi connectivity index (χ4v) is 2.58. The van der Waals surface area contributed by atoms with E-state index < -0.39 is 0 Å². The molecule has 1 aliphatic heterocycles. The van der Waals surface area contributed by atoms with Gasteiger partial charge in [-0.3, -0.25) is 0 Å². The van der Waals surface area contributed by atoms with E-state index in [0.717, 1.165) is 32.0 Å². The Morgan fingerprint density at radius 1 is 1.24 bits per heavy atom. The van der Waals surface area contributed by atoms with Crippen LogP contribution in [-0.2, 0) is 0 Å². The number of anilines is 2. The van der Waals surface area contributed by atoms with E-state index in [-0.39, 0.29) is 0 Å². The minimum absolute atomic E-state index is 0.299. The summed E-state index contributed by atoms with van der Waals surface area (Å²) in [5, 5.41) is 3.16. The molecule has 0 atom stereocenters. The fourth-order valence-electron chi connectivity index (χ4n) is 2.58. The van der Waals surface area contributed by atoms with Crippen LogP contribution in [0.2, 0.25) is 0 Å². The SMILES string of the molecule is CCCOc1nc(NCC)nc(N2CCCC(C)(C)C2)n1. The molecule has 0 unspecified atom stereocenters. The van der Waals surface area contributed by atoms with Crippen LogP contribution in [0, 0.1) is 5.41 Å². The molecule has 0 amide bonds. The van der Waals surface area contributed by atoms with Crippen molar-refractivity contribution in [2.45, 2.75) is 47.0 Å². The van der Waals surface area contributed by atoms with E-state index in [1.54, 1.807) is 0 Å². The van der Waals surface area contributed by atoms with Crippen LogP contribution in [0.1, 0.15) is 47.0 Å². The molecule has 2 rings (SSSR count). The van der Waals surface area contributed by atoms with Crippen LogP contribution in [0.25, 0.3) is 0 Å². The fraction of sp³-hybridized carbons (Fsp3) is 0.800. The summed E-state index contributed by atoms with van der Waals surface area (Å²) in [5.74, 6) is 1.32. The molecule has 0 bridgehead atoms. The number of ether oxygens (including phenoxy) is 1. The summed E-state index contributed by atoms with van der Waals surface area (Å²) in [6.07, 6.45) is 3.35. The van der Waals surface area contributed by atoms with E-state index in [4.69, 9.17) is 4.74 Å². The lowest BCUT2D eigenvalue weighted by Crippen LogP contribution is -2.41. The normalized spacial score (nSPS) is 17.6. The molecular formula is C15H27N5O. The van der Waals surface area contributed by atoms with Crippen molar-refractivity contribution < 1.29 is 4.74 Å². The summed E-state index contributed by atoms with van der Waals surface area (Å²) in [6, 6.07) is 0.418. The van der Waals surface area contributed by atoms with Crippen molar-refractivity contribution in [2.24, 2.45) is 5.41 Å². The Morgan fingerprint density at radius 3 is 2.71 bits per heavy atom. The van der Waals surface area contributed by atoms with Crippen molar-refractivity contribution >= 4 is 11.9 Å². The van der Waals surface area contributed by atoms with Crippen LogP contribution in [0.3, 0.4) is 0 Å². The van der Waals surface area contributed by atoms with E-state index in [0.29, 0.717) is 24.0 Å². The zero-order valence-corrected chi connectivity index (χ0v) is 13.6. The molecule has 0 saturated carbocycles. The molecule has 1 aromatic rings. The second kappa shape index (κ2) is 6.91. The molecule has 1 aliphatic rings. The number of rotatable bonds is 6. The van der Waals surface area contributed by atoms with Gasteiger partial charge in [0.05, 0.1) is 6.61 Å². The third-order valence-electron chi connectivity index (χ3n) is 3.56. The number of nitrogens with one attached hydrogen (secondary N) is 1. The smallest absolute Gasteiger partial charge is 0.323 e.